The first-order valence-electron chi connectivity index (χ1n) is 18.6. The minimum absolute atomic E-state index is 0.478. The molecule has 0 radical (unpaired) electrons. The van der Waals surface area contributed by atoms with Gasteiger partial charge in [0.1, 0.15) is 0 Å². The molecule has 0 amide bonds. The second-order valence-corrected chi connectivity index (χ2v) is 14.7. The van der Waals surface area contributed by atoms with Gasteiger partial charge < -0.3 is 0 Å². The minimum Gasteiger partial charge on any atom is -0.0622 e. The summed E-state index contributed by atoms with van der Waals surface area (Å²) in [5.41, 5.74) is 15.4. The highest BCUT2D eigenvalue weighted by Crippen LogP contribution is 2.65. The van der Waals surface area contributed by atoms with Gasteiger partial charge in [-0.25, -0.2) is 0 Å². The van der Waals surface area contributed by atoms with Gasteiger partial charge in [0.15, 0.2) is 0 Å². The van der Waals surface area contributed by atoms with E-state index in [0.717, 1.165) is 0 Å². The maximum Gasteiger partial charge on any atom is 0.0726 e. The van der Waals surface area contributed by atoms with E-state index in [1.54, 1.807) is 0 Å². The molecular formula is C53H32. The maximum absolute atomic E-state index is 2.56. The van der Waals surface area contributed by atoms with E-state index < -0.39 is 5.41 Å². The fourth-order valence-electron chi connectivity index (χ4n) is 10.1. The van der Waals surface area contributed by atoms with Crippen LogP contribution in [0.25, 0.3) is 87.6 Å². The van der Waals surface area contributed by atoms with Crippen molar-refractivity contribution < 1.29 is 0 Å². The first kappa shape index (κ1) is 28.9. The van der Waals surface area contributed by atoms with Gasteiger partial charge in [-0.15, -0.1) is 0 Å². The fourth-order valence-corrected chi connectivity index (χ4v) is 10.1. The number of benzene rings is 10. The van der Waals surface area contributed by atoms with Crippen molar-refractivity contribution in [1.29, 1.82) is 0 Å². The SMILES string of the molecule is c1ccc(-c2c3c(cc4ccccc24)C2(c4ccccc4-c4ccccc42)c2cc(-c4c5ccccc5cc5c4ccc4ccccc45)ccc2-3)cc1. The second-order valence-electron chi connectivity index (χ2n) is 14.7. The number of fused-ring (bicyclic) bond motifs is 15. The smallest absolute Gasteiger partial charge is 0.0622 e. The summed E-state index contributed by atoms with van der Waals surface area (Å²) in [7, 11) is 0. The van der Waals surface area contributed by atoms with Crippen molar-refractivity contribution in [2.45, 2.75) is 5.41 Å². The Kier molecular flexibility index (Phi) is 5.80. The molecule has 53 heavy (non-hydrogen) atoms. The third-order valence-corrected chi connectivity index (χ3v) is 12.2. The van der Waals surface area contributed by atoms with E-state index in [2.05, 4.69) is 194 Å². The molecule has 0 fully saturated rings. The average Bonchev–Trinajstić information content (AvgIpc) is 3.69. The summed E-state index contributed by atoms with van der Waals surface area (Å²) in [6, 6.07) is 73.0. The van der Waals surface area contributed by atoms with Crippen LogP contribution in [-0.2, 0) is 5.41 Å². The molecular weight excluding hydrogens is 637 g/mol. The van der Waals surface area contributed by atoms with Gasteiger partial charge in [-0.2, -0.15) is 0 Å². The largest absolute Gasteiger partial charge is 0.0726 e. The number of rotatable bonds is 2. The molecule has 0 saturated heterocycles. The van der Waals surface area contributed by atoms with Gasteiger partial charge in [0, 0.05) is 0 Å². The Morgan fingerprint density at radius 1 is 0.245 bits per heavy atom. The Hall–Kier alpha value is -6.76. The highest BCUT2D eigenvalue weighted by atomic mass is 14.5. The molecule has 1 spiro atoms. The Balaban J connectivity index is 1.27. The molecule has 2 aliphatic carbocycles. The third kappa shape index (κ3) is 3.75. The molecule has 10 aromatic carbocycles. The predicted molar refractivity (Wildman–Crippen MR) is 224 cm³/mol. The van der Waals surface area contributed by atoms with Crippen LogP contribution in [0.15, 0.2) is 194 Å². The van der Waals surface area contributed by atoms with Gasteiger partial charge in [0.2, 0.25) is 0 Å². The molecule has 0 aromatic heterocycles. The lowest BCUT2D eigenvalue weighted by Gasteiger charge is -2.31. The van der Waals surface area contributed by atoms with Gasteiger partial charge in [0.05, 0.1) is 5.41 Å². The van der Waals surface area contributed by atoms with E-state index in [-0.39, 0.29) is 0 Å². The molecule has 2 aliphatic rings. The molecule has 0 N–H and O–H groups in total. The first-order chi connectivity index (χ1) is 26.3. The van der Waals surface area contributed by atoms with Gasteiger partial charge in [-0.1, -0.05) is 176 Å². The molecule has 10 aromatic rings. The van der Waals surface area contributed by atoms with Crippen LogP contribution in [-0.4, -0.2) is 0 Å². The molecule has 0 bridgehead atoms. The van der Waals surface area contributed by atoms with Crippen molar-refractivity contribution in [2.75, 3.05) is 0 Å². The summed E-state index contributed by atoms with van der Waals surface area (Å²) < 4.78 is 0. The zero-order chi connectivity index (χ0) is 34.7. The van der Waals surface area contributed by atoms with Crippen molar-refractivity contribution in [3.63, 3.8) is 0 Å². The quantitative estimate of drug-likeness (QED) is 0.127. The Morgan fingerprint density at radius 3 is 1.57 bits per heavy atom. The van der Waals surface area contributed by atoms with Gasteiger partial charge in [-0.05, 0) is 128 Å². The third-order valence-electron chi connectivity index (χ3n) is 12.2. The average molecular weight is 669 g/mol. The van der Waals surface area contributed by atoms with Gasteiger partial charge in [-0.3, -0.25) is 0 Å². The normalized spacial score (nSPS) is 13.4. The second kappa shape index (κ2) is 10.6. The van der Waals surface area contributed by atoms with E-state index in [1.807, 2.05) is 0 Å². The zero-order valence-corrected chi connectivity index (χ0v) is 29.0. The summed E-state index contributed by atoms with van der Waals surface area (Å²) in [5, 5.41) is 10.2. The number of hydrogen-bond acceptors (Lipinski definition) is 0. The zero-order valence-electron chi connectivity index (χ0n) is 29.0. The van der Waals surface area contributed by atoms with Crippen LogP contribution in [0.4, 0.5) is 0 Å². The van der Waals surface area contributed by atoms with E-state index in [0.29, 0.717) is 0 Å². The predicted octanol–water partition coefficient (Wildman–Crippen LogP) is 14.0. The highest BCUT2D eigenvalue weighted by Gasteiger charge is 2.52. The molecule has 0 heterocycles. The van der Waals surface area contributed by atoms with Crippen molar-refractivity contribution >= 4 is 43.1 Å². The van der Waals surface area contributed by atoms with Crippen molar-refractivity contribution in [3.05, 3.63) is 216 Å². The van der Waals surface area contributed by atoms with Crippen LogP contribution < -0.4 is 0 Å². The highest BCUT2D eigenvalue weighted by molar-refractivity contribution is 6.20. The molecule has 244 valence electrons. The Bertz CT molecular complexity index is 3120. The summed E-state index contributed by atoms with van der Waals surface area (Å²) in [6.07, 6.45) is 0. The molecule has 12 rings (SSSR count). The molecule has 0 heteroatoms. The van der Waals surface area contributed by atoms with Crippen LogP contribution in [0.1, 0.15) is 22.3 Å². The fraction of sp³-hybridized carbons (Fsp3) is 0.0189. The molecule has 0 unspecified atom stereocenters. The topological polar surface area (TPSA) is 0 Å². The van der Waals surface area contributed by atoms with Crippen molar-refractivity contribution in [1.82, 2.24) is 0 Å². The summed E-state index contributed by atoms with van der Waals surface area (Å²) in [5.74, 6) is 0. The monoisotopic (exact) mass is 668 g/mol. The van der Waals surface area contributed by atoms with Crippen LogP contribution >= 0.6 is 0 Å². The van der Waals surface area contributed by atoms with E-state index >= 15 is 0 Å². The summed E-state index contributed by atoms with van der Waals surface area (Å²) in [4.78, 5) is 0. The van der Waals surface area contributed by atoms with Gasteiger partial charge >= 0.3 is 0 Å². The maximum atomic E-state index is 2.56. The van der Waals surface area contributed by atoms with Crippen LogP contribution in [0.3, 0.4) is 0 Å². The van der Waals surface area contributed by atoms with Gasteiger partial charge in [0.25, 0.3) is 0 Å². The van der Waals surface area contributed by atoms with Crippen molar-refractivity contribution in [3.8, 4) is 44.5 Å². The van der Waals surface area contributed by atoms with Crippen LogP contribution in [0, 0.1) is 0 Å². The summed E-state index contributed by atoms with van der Waals surface area (Å²) >= 11 is 0. The van der Waals surface area contributed by atoms with Crippen LogP contribution in [0.5, 0.6) is 0 Å². The van der Waals surface area contributed by atoms with E-state index in [4.69, 9.17) is 0 Å². The standard InChI is InChI=1S/C53H32/c1-2-15-34(16-3-1)51-40-21-9-6-18-36(40)31-49-52(51)44-29-27-37(32-48(44)53(49)46-24-12-10-22-41(46)42-23-11-13-25-47(42)53)50-39-20-8-5-17-35(39)30-45-38-19-7-4-14-33(38)26-28-43(45)50/h1-32H. The molecule has 0 saturated carbocycles. The first-order valence-corrected chi connectivity index (χ1v) is 18.6. The molecule has 0 aliphatic heterocycles. The van der Waals surface area contributed by atoms with Crippen molar-refractivity contribution in [2.24, 2.45) is 0 Å². The molecule has 0 atom stereocenters. The Labute approximate surface area is 308 Å². The molecule has 0 nitrogen and oxygen atoms in total. The van der Waals surface area contributed by atoms with E-state index in [9.17, 15) is 0 Å². The lowest BCUT2D eigenvalue weighted by molar-refractivity contribution is 0.795. The lowest BCUT2D eigenvalue weighted by atomic mass is 9.69. The number of hydrogen-bond donors (Lipinski definition) is 0. The minimum atomic E-state index is -0.478. The van der Waals surface area contributed by atoms with Crippen LogP contribution in [0.2, 0.25) is 0 Å². The lowest BCUT2D eigenvalue weighted by Crippen LogP contribution is -2.26. The summed E-state index contributed by atoms with van der Waals surface area (Å²) in [6.45, 7) is 0. The Morgan fingerprint density at radius 2 is 0.830 bits per heavy atom. The van der Waals surface area contributed by atoms with E-state index in [1.165, 1.54) is 110 Å².